The topological polar surface area (TPSA) is 0 Å². The molecule has 0 N–H and O–H groups in total. The Kier molecular flexibility index (Phi) is 6.06. The van der Waals surface area contributed by atoms with E-state index in [4.69, 9.17) is 0 Å². The minimum absolute atomic E-state index is 0.575. The van der Waals surface area contributed by atoms with Gasteiger partial charge >= 0.3 is 0 Å². The van der Waals surface area contributed by atoms with Gasteiger partial charge < -0.3 is 0 Å². The lowest BCUT2D eigenvalue weighted by Gasteiger charge is -1.99. The van der Waals surface area contributed by atoms with E-state index in [1.54, 1.807) is 0 Å². The molecule has 0 heterocycles. The predicted molar refractivity (Wildman–Crippen MR) is 47.0 cm³/mol. The standard InChI is InChI=1S/C8H13Br/c1-3-5-7-8(9)6-4-2/h3-5,8H,2,6-7H2,1H3. The molecule has 9 heavy (non-hydrogen) atoms. The van der Waals surface area contributed by atoms with Crippen LogP contribution in [0, 0.1) is 0 Å². The first kappa shape index (κ1) is 8.96. The van der Waals surface area contributed by atoms with E-state index in [1.165, 1.54) is 0 Å². The number of allylic oxidation sites excluding steroid dienone is 3. The van der Waals surface area contributed by atoms with Crippen molar-refractivity contribution in [3.8, 4) is 0 Å². The summed E-state index contributed by atoms with van der Waals surface area (Å²) in [5.74, 6) is 0. The summed E-state index contributed by atoms with van der Waals surface area (Å²) in [5.41, 5.74) is 0. The molecule has 0 saturated heterocycles. The van der Waals surface area contributed by atoms with Gasteiger partial charge in [-0.3, -0.25) is 0 Å². The van der Waals surface area contributed by atoms with Gasteiger partial charge in [0, 0.05) is 4.83 Å². The third kappa shape index (κ3) is 5.84. The Morgan fingerprint density at radius 2 is 2.22 bits per heavy atom. The Morgan fingerprint density at radius 3 is 2.67 bits per heavy atom. The van der Waals surface area contributed by atoms with Crippen LogP contribution in [-0.2, 0) is 0 Å². The molecular weight excluding hydrogens is 176 g/mol. The van der Waals surface area contributed by atoms with Gasteiger partial charge in [0.05, 0.1) is 0 Å². The maximum Gasteiger partial charge on any atom is 0.0214 e. The van der Waals surface area contributed by atoms with Gasteiger partial charge in [-0.15, -0.1) is 6.58 Å². The smallest absolute Gasteiger partial charge is 0.0214 e. The van der Waals surface area contributed by atoms with Crippen molar-refractivity contribution in [3.05, 3.63) is 24.8 Å². The molecule has 0 aromatic carbocycles. The predicted octanol–water partition coefficient (Wildman–Crippen LogP) is 3.29. The monoisotopic (exact) mass is 188 g/mol. The van der Waals surface area contributed by atoms with Crippen LogP contribution in [0.15, 0.2) is 24.8 Å². The molecule has 1 unspecified atom stereocenters. The molecule has 0 bridgehead atoms. The van der Waals surface area contributed by atoms with Crippen molar-refractivity contribution >= 4 is 15.9 Å². The fraction of sp³-hybridized carbons (Fsp3) is 0.500. The van der Waals surface area contributed by atoms with Crippen molar-refractivity contribution in [1.29, 1.82) is 0 Å². The minimum atomic E-state index is 0.575. The number of rotatable bonds is 4. The largest absolute Gasteiger partial charge is 0.103 e. The van der Waals surface area contributed by atoms with E-state index in [0.29, 0.717) is 4.83 Å². The fourth-order valence-corrected chi connectivity index (χ4v) is 1.04. The SMILES string of the molecule is C=CCC(Br)CC=CC. The second kappa shape index (κ2) is 6.09. The number of hydrogen-bond donors (Lipinski definition) is 0. The van der Waals surface area contributed by atoms with Gasteiger partial charge in [-0.1, -0.05) is 34.2 Å². The van der Waals surface area contributed by atoms with Crippen LogP contribution in [0.1, 0.15) is 19.8 Å². The molecular formula is C8H13Br. The average Bonchev–Trinajstić information content (AvgIpc) is 1.85. The van der Waals surface area contributed by atoms with Gasteiger partial charge in [-0.05, 0) is 19.8 Å². The van der Waals surface area contributed by atoms with Crippen molar-refractivity contribution < 1.29 is 0 Å². The summed E-state index contributed by atoms with van der Waals surface area (Å²) in [6.07, 6.45) is 8.30. The lowest BCUT2D eigenvalue weighted by Crippen LogP contribution is -1.91. The third-order valence-electron chi connectivity index (χ3n) is 1.05. The second-order valence-corrected chi connectivity index (χ2v) is 3.22. The summed E-state index contributed by atoms with van der Waals surface area (Å²) < 4.78 is 0. The number of halogens is 1. The van der Waals surface area contributed by atoms with E-state index in [-0.39, 0.29) is 0 Å². The lowest BCUT2D eigenvalue weighted by atomic mass is 10.2. The molecule has 1 heteroatoms. The highest BCUT2D eigenvalue weighted by molar-refractivity contribution is 9.09. The molecule has 0 spiro atoms. The molecule has 0 aliphatic carbocycles. The highest BCUT2D eigenvalue weighted by Crippen LogP contribution is 2.10. The summed E-state index contributed by atoms with van der Waals surface area (Å²) in [6, 6.07) is 0. The van der Waals surface area contributed by atoms with Crippen LogP contribution >= 0.6 is 15.9 Å². The lowest BCUT2D eigenvalue weighted by molar-refractivity contribution is 0.908. The van der Waals surface area contributed by atoms with Crippen molar-refractivity contribution in [2.24, 2.45) is 0 Å². The van der Waals surface area contributed by atoms with Crippen LogP contribution in [0.3, 0.4) is 0 Å². The summed E-state index contributed by atoms with van der Waals surface area (Å²) in [5, 5.41) is 0. The van der Waals surface area contributed by atoms with Gasteiger partial charge in [-0.25, -0.2) is 0 Å². The van der Waals surface area contributed by atoms with Gasteiger partial charge in [-0.2, -0.15) is 0 Å². The molecule has 0 aliphatic heterocycles. The van der Waals surface area contributed by atoms with Gasteiger partial charge in [0.2, 0.25) is 0 Å². The molecule has 0 aromatic heterocycles. The highest BCUT2D eigenvalue weighted by Gasteiger charge is 1.95. The van der Waals surface area contributed by atoms with E-state index in [2.05, 4.69) is 34.7 Å². The molecule has 52 valence electrons. The minimum Gasteiger partial charge on any atom is -0.103 e. The summed E-state index contributed by atoms with van der Waals surface area (Å²) in [6.45, 7) is 5.69. The van der Waals surface area contributed by atoms with E-state index < -0.39 is 0 Å². The maximum absolute atomic E-state index is 3.65. The zero-order valence-electron chi connectivity index (χ0n) is 5.81. The fourth-order valence-electron chi connectivity index (χ4n) is 0.561. The molecule has 0 radical (unpaired) electrons. The Bertz CT molecular complexity index is 94.7. The molecule has 1 atom stereocenters. The third-order valence-corrected chi connectivity index (χ3v) is 1.80. The van der Waals surface area contributed by atoms with Crippen molar-refractivity contribution in [2.45, 2.75) is 24.6 Å². The molecule has 0 nitrogen and oxygen atoms in total. The van der Waals surface area contributed by atoms with Crippen molar-refractivity contribution in [2.75, 3.05) is 0 Å². The number of alkyl halides is 1. The molecule has 0 aliphatic rings. The van der Waals surface area contributed by atoms with Gasteiger partial charge in [0.15, 0.2) is 0 Å². The zero-order valence-corrected chi connectivity index (χ0v) is 7.39. The molecule has 0 amide bonds. The van der Waals surface area contributed by atoms with E-state index >= 15 is 0 Å². The molecule has 0 aromatic rings. The van der Waals surface area contributed by atoms with Crippen molar-refractivity contribution in [1.82, 2.24) is 0 Å². The Balaban J connectivity index is 3.25. The molecule has 0 saturated carbocycles. The van der Waals surface area contributed by atoms with Crippen LogP contribution in [0.5, 0.6) is 0 Å². The first-order valence-electron chi connectivity index (χ1n) is 3.17. The van der Waals surface area contributed by atoms with Crippen LogP contribution in [-0.4, -0.2) is 4.83 Å². The van der Waals surface area contributed by atoms with Crippen LogP contribution in [0.2, 0.25) is 0 Å². The summed E-state index contributed by atoms with van der Waals surface area (Å²) in [4.78, 5) is 0.575. The normalized spacial score (nSPS) is 14.0. The Labute approximate surface area is 65.8 Å². The first-order chi connectivity index (χ1) is 4.31. The summed E-state index contributed by atoms with van der Waals surface area (Å²) >= 11 is 3.52. The maximum atomic E-state index is 3.65. The Morgan fingerprint density at radius 1 is 1.56 bits per heavy atom. The zero-order chi connectivity index (χ0) is 7.11. The van der Waals surface area contributed by atoms with Gasteiger partial charge in [0.1, 0.15) is 0 Å². The second-order valence-electron chi connectivity index (χ2n) is 1.93. The average molecular weight is 189 g/mol. The van der Waals surface area contributed by atoms with Crippen LogP contribution in [0.25, 0.3) is 0 Å². The van der Waals surface area contributed by atoms with E-state index in [9.17, 15) is 0 Å². The highest BCUT2D eigenvalue weighted by atomic mass is 79.9. The van der Waals surface area contributed by atoms with Crippen LogP contribution in [0.4, 0.5) is 0 Å². The van der Waals surface area contributed by atoms with Gasteiger partial charge in [0.25, 0.3) is 0 Å². The van der Waals surface area contributed by atoms with Crippen LogP contribution < -0.4 is 0 Å². The molecule has 0 rings (SSSR count). The summed E-state index contributed by atoms with van der Waals surface area (Å²) in [7, 11) is 0. The Hall–Kier alpha value is -0.0400. The first-order valence-corrected chi connectivity index (χ1v) is 4.09. The van der Waals surface area contributed by atoms with E-state index in [0.717, 1.165) is 12.8 Å². The number of hydrogen-bond acceptors (Lipinski definition) is 0. The van der Waals surface area contributed by atoms with E-state index in [1.807, 2.05) is 13.0 Å². The quantitative estimate of drug-likeness (QED) is 0.470. The van der Waals surface area contributed by atoms with Crippen molar-refractivity contribution in [3.63, 3.8) is 0 Å². The molecule has 0 fully saturated rings.